The van der Waals surface area contributed by atoms with Gasteiger partial charge in [-0.25, -0.2) is 0 Å². The molecule has 2 rings (SSSR count). The first-order valence-electron chi connectivity index (χ1n) is 6.13. The molecule has 0 atom stereocenters. The summed E-state index contributed by atoms with van der Waals surface area (Å²) in [6.07, 6.45) is 1.88. The van der Waals surface area contributed by atoms with Crippen molar-refractivity contribution < 1.29 is 9.47 Å². The largest absolute Gasteiger partial charge is 0.481 e. The summed E-state index contributed by atoms with van der Waals surface area (Å²) >= 11 is 0. The molecule has 1 aromatic carbocycles. The summed E-state index contributed by atoms with van der Waals surface area (Å²) < 4.78 is 10.5. The van der Waals surface area contributed by atoms with E-state index in [1.165, 1.54) is 12.7 Å². The minimum Gasteiger partial charge on any atom is -0.481 e. The number of aryl methyl sites for hydroxylation is 1. The number of hydrogen-bond acceptors (Lipinski definition) is 5. The van der Waals surface area contributed by atoms with Crippen LogP contribution in [0.4, 0.5) is 5.95 Å². The number of nitrogens with two attached hydrogens (primary N) is 1. The predicted octanol–water partition coefficient (Wildman–Crippen LogP) is 2.08. The van der Waals surface area contributed by atoms with Crippen LogP contribution in [0.3, 0.4) is 0 Å². The molecule has 5 heteroatoms. The van der Waals surface area contributed by atoms with Crippen molar-refractivity contribution in [2.24, 2.45) is 0 Å². The van der Waals surface area contributed by atoms with Gasteiger partial charge in [0.2, 0.25) is 17.7 Å². The summed E-state index contributed by atoms with van der Waals surface area (Å²) in [4.78, 5) is 7.88. The van der Waals surface area contributed by atoms with Crippen LogP contribution in [0.15, 0.2) is 36.4 Å². The number of anilines is 1. The van der Waals surface area contributed by atoms with Crippen molar-refractivity contribution in [3.8, 4) is 11.8 Å². The van der Waals surface area contributed by atoms with E-state index in [4.69, 9.17) is 15.2 Å². The molecule has 19 heavy (non-hydrogen) atoms. The predicted molar refractivity (Wildman–Crippen MR) is 73.3 cm³/mol. The molecular weight excluding hydrogens is 242 g/mol. The van der Waals surface area contributed by atoms with Gasteiger partial charge < -0.3 is 15.2 Å². The van der Waals surface area contributed by atoms with Gasteiger partial charge >= 0.3 is 0 Å². The number of methoxy groups -OCH3 is 1. The average Bonchev–Trinajstić information content (AvgIpc) is 2.44. The molecule has 0 radical (unpaired) electrons. The fourth-order valence-electron chi connectivity index (χ4n) is 1.70. The van der Waals surface area contributed by atoms with E-state index in [2.05, 4.69) is 22.1 Å². The molecule has 2 aromatic rings. The van der Waals surface area contributed by atoms with Crippen LogP contribution in [0.2, 0.25) is 0 Å². The molecule has 0 spiro atoms. The zero-order chi connectivity index (χ0) is 13.5. The van der Waals surface area contributed by atoms with Gasteiger partial charge in [-0.15, -0.1) is 0 Å². The maximum absolute atomic E-state index is 5.55. The van der Waals surface area contributed by atoms with Crippen molar-refractivity contribution in [1.29, 1.82) is 0 Å². The van der Waals surface area contributed by atoms with Crippen LogP contribution >= 0.6 is 0 Å². The Morgan fingerprint density at radius 1 is 1.11 bits per heavy atom. The second kappa shape index (κ2) is 6.58. The molecule has 0 unspecified atom stereocenters. The van der Waals surface area contributed by atoms with Gasteiger partial charge in [-0.3, -0.25) is 0 Å². The number of nitrogen functional groups attached to an aromatic ring is 1. The van der Waals surface area contributed by atoms with Crippen LogP contribution in [0.25, 0.3) is 0 Å². The number of benzene rings is 1. The van der Waals surface area contributed by atoms with Crippen molar-refractivity contribution in [2.75, 3.05) is 19.5 Å². The van der Waals surface area contributed by atoms with Gasteiger partial charge in [0.1, 0.15) is 0 Å². The standard InChI is InChI=1S/C14H17N3O2/c1-18-12-10-13(17-14(15)16-12)19-9-5-8-11-6-3-2-4-7-11/h2-4,6-7,10H,5,8-9H2,1H3,(H2,15,16,17). The number of rotatable bonds is 6. The second-order valence-electron chi connectivity index (χ2n) is 4.04. The van der Waals surface area contributed by atoms with Gasteiger partial charge in [-0.1, -0.05) is 30.3 Å². The Hall–Kier alpha value is -2.30. The number of hydrogen-bond donors (Lipinski definition) is 1. The van der Waals surface area contributed by atoms with Gasteiger partial charge in [0, 0.05) is 0 Å². The van der Waals surface area contributed by atoms with Crippen LogP contribution in [-0.2, 0) is 6.42 Å². The van der Waals surface area contributed by atoms with Gasteiger partial charge in [0.15, 0.2) is 0 Å². The maximum atomic E-state index is 5.55. The lowest BCUT2D eigenvalue weighted by Crippen LogP contribution is -2.04. The van der Waals surface area contributed by atoms with Gasteiger partial charge in [0.25, 0.3) is 0 Å². The molecule has 0 saturated carbocycles. The van der Waals surface area contributed by atoms with E-state index in [0.29, 0.717) is 18.4 Å². The molecule has 0 bridgehead atoms. The maximum Gasteiger partial charge on any atom is 0.226 e. The number of aromatic nitrogens is 2. The Bertz CT molecular complexity index is 517. The summed E-state index contributed by atoms with van der Waals surface area (Å²) in [6.45, 7) is 0.578. The van der Waals surface area contributed by atoms with Gasteiger partial charge in [-0.2, -0.15) is 9.97 Å². The third-order valence-corrected chi connectivity index (χ3v) is 2.61. The highest BCUT2D eigenvalue weighted by molar-refractivity contribution is 5.29. The van der Waals surface area contributed by atoms with Crippen molar-refractivity contribution in [2.45, 2.75) is 12.8 Å². The van der Waals surface area contributed by atoms with Crippen LogP contribution < -0.4 is 15.2 Å². The lowest BCUT2D eigenvalue weighted by molar-refractivity contribution is 0.295. The molecular formula is C14H17N3O2. The zero-order valence-corrected chi connectivity index (χ0v) is 10.9. The fraction of sp³-hybridized carbons (Fsp3) is 0.286. The van der Waals surface area contributed by atoms with Crippen molar-refractivity contribution in [3.05, 3.63) is 42.0 Å². The first-order valence-corrected chi connectivity index (χ1v) is 6.13. The second-order valence-corrected chi connectivity index (χ2v) is 4.04. The highest BCUT2D eigenvalue weighted by atomic mass is 16.5. The molecule has 1 heterocycles. The smallest absolute Gasteiger partial charge is 0.226 e. The molecule has 0 amide bonds. The average molecular weight is 259 g/mol. The Morgan fingerprint density at radius 2 is 1.84 bits per heavy atom. The van der Waals surface area contributed by atoms with Crippen LogP contribution in [-0.4, -0.2) is 23.7 Å². The van der Waals surface area contributed by atoms with Crippen molar-refractivity contribution in [1.82, 2.24) is 9.97 Å². The summed E-state index contributed by atoms with van der Waals surface area (Å²) in [5, 5.41) is 0. The Kier molecular flexibility index (Phi) is 4.55. The summed E-state index contributed by atoms with van der Waals surface area (Å²) in [6, 6.07) is 11.9. The normalized spacial score (nSPS) is 10.2. The Labute approximate surface area is 112 Å². The van der Waals surface area contributed by atoms with Crippen LogP contribution in [0.5, 0.6) is 11.8 Å². The van der Waals surface area contributed by atoms with Gasteiger partial charge in [0.05, 0.1) is 19.8 Å². The summed E-state index contributed by atoms with van der Waals surface area (Å²) in [5.74, 6) is 1.00. The fourth-order valence-corrected chi connectivity index (χ4v) is 1.70. The molecule has 0 saturated heterocycles. The van der Waals surface area contributed by atoms with E-state index in [-0.39, 0.29) is 5.95 Å². The molecule has 100 valence electrons. The third kappa shape index (κ3) is 4.13. The van der Waals surface area contributed by atoms with E-state index in [0.717, 1.165) is 12.8 Å². The highest BCUT2D eigenvalue weighted by Gasteiger charge is 2.03. The van der Waals surface area contributed by atoms with E-state index >= 15 is 0 Å². The lowest BCUT2D eigenvalue weighted by Gasteiger charge is -2.07. The van der Waals surface area contributed by atoms with E-state index in [1.54, 1.807) is 6.07 Å². The minimum absolute atomic E-state index is 0.150. The number of ether oxygens (including phenoxy) is 2. The Morgan fingerprint density at radius 3 is 2.58 bits per heavy atom. The molecule has 0 aliphatic carbocycles. The topological polar surface area (TPSA) is 70.3 Å². The quantitative estimate of drug-likeness (QED) is 0.804. The summed E-state index contributed by atoms with van der Waals surface area (Å²) in [5.41, 5.74) is 6.85. The lowest BCUT2D eigenvalue weighted by atomic mass is 10.1. The zero-order valence-electron chi connectivity index (χ0n) is 10.9. The minimum atomic E-state index is 0.150. The first kappa shape index (κ1) is 13.1. The number of nitrogens with zero attached hydrogens (tertiary/aromatic N) is 2. The Balaban J connectivity index is 1.81. The highest BCUT2D eigenvalue weighted by Crippen LogP contribution is 2.16. The van der Waals surface area contributed by atoms with Crippen LogP contribution in [0, 0.1) is 0 Å². The van der Waals surface area contributed by atoms with E-state index in [1.807, 2.05) is 18.2 Å². The summed E-state index contributed by atoms with van der Waals surface area (Å²) in [7, 11) is 1.53. The molecule has 1 aromatic heterocycles. The van der Waals surface area contributed by atoms with E-state index < -0.39 is 0 Å². The van der Waals surface area contributed by atoms with E-state index in [9.17, 15) is 0 Å². The van der Waals surface area contributed by atoms with Crippen molar-refractivity contribution >= 4 is 5.95 Å². The monoisotopic (exact) mass is 259 g/mol. The molecule has 2 N–H and O–H groups in total. The SMILES string of the molecule is COc1cc(OCCCc2ccccc2)nc(N)n1. The molecule has 0 fully saturated rings. The van der Waals surface area contributed by atoms with Crippen molar-refractivity contribution in [3.63, 3.8) is 0 Å². The molecule has 5 nitrogen and oxygen atoms in total. The van der Waals surface area contributed by atoms with Crippen LogP contribution in [0.1, 0.15) is 12.0 Å². The first-order chi connectivity index (χ1) is 9.28. The molecule has 0 aliphatic rings. The van der Waals surface area contributed by atoms with Gasteiger partial charge in [-0.05, 0) is 18.4 Å². The molecule has 0 aliphatic heterocycles. The third-order valence-electron chi connectivity index (χ3n) is 2.61.